The van der Waals surface area contributed by atoms with Crippen molar-refractivity contribution in [3.8, 4) is 16.9 Å². The number of benzene rings is 1. The fourth-order valence-corrected chi connectivity index (χ4v) is 2.21. The molecule has 1 heterocycles. The number of aryl methyl sites for hydroxylation is 1. The molecule has 1 aromatic heterocycles. The van der Waals surface area contributed by atoms with E-state index in [1.807, 2.05) is 19.2 Å². The molecule has 0 fully saturated rings. The van der Waals surface area contributed by atoms with Gasteiger partial charge in [0.05, 0.1) is 13.3 Å². The van der Waals surface area contributed by atoms with Crippen molar-refractivity contribution in [3.63, 3.8) is 0 Å². The van der Waals surface area contributed by atoms with E-state index >= 15 is 0 Å². The minimum absolute atomic E-state index is 0.357. The summed E-state index contributed by atoms with van der Waals surface area (Å²) in [7, 11) is 3.53. The Morgan fingerprint density at radius 2 is 2.00 bits per heavy atom. The normalized spacial score (nSPS) is 10.9. The fourth-order valence-electron chi connectivity index (χ4n) is 2.21. The van der Waals surface area contributed by atoms with E-state index in [4.69, 9.17) is 10.5 Å². The lowest BCUT2D eigenvalue weighted by atomic mass is 9.92. The Bertz CT molecular complexity index is 558. The molecule has 1 aromatic carbocycles. The summed E-state index contributed by atoms with van der Waals surface area (Å²) in [5, 5.41) is 4.20. The minimum atomic E-state index is 0.357. The lowest BCUT2D eigenvalue weighted by molar-refractivity contribution is 0.408. The van der Waals surface area contributed by atoms with Crippen LogP contribution < -0.4 is 10.5 Å². The van der Waals surface area contributed by atoms with Gasteiger partial charge in [-0.15, -0.1) is 0 Å². The molecule has 0 saturated carbocycles. The van der Waals surface area contributed by atoms with Crippen LogP contribution in [0.3, 0.4) is 0 Å². The van der Waals surface area contributed by atoms with Gasteiger partial charge in [0.25, 0.3) is 0 Å². The topological polar surface area (TPSA) is 53.1 Å². The Balaban J connectivity index is 2.67. The van der Waals surface area contributed by atoms with E-state index in [1.54, 1.807) is 18.0 Å². The number of rotatable bonds is 3. The van der Waals surface area contributed by atoms with E-state index in [0.717, 1.165) is 16.9 Å². The summed E-state index contributed by atoms with van der Waals surface area (Å²) < 4.78 is 7.13. The Labute approximate surface area is 107 Å². The highest BCUT2D eigenvalue weighted by molar-refractivity contribution is 5.78. The first-order valence-corrected chi connectivity index (χ1v) is 6.01. The monoisotopic (exact) mass is 245 g/mol. The smallest absolute Gasteiger partial charge is 0.129 e. The van der Waals surface area contributed by atoms with Gasteiger partial charge in [0.1, 0.15) is 11.6 Å². The summed E-state index contributed by atoms with van der Waals surface area (Å²) in [6.45, 7) is 4.29. The first-order valence-electron chi connectivity index (χ1n) is 6.01. The Kier molecular flexibility index (Phi) is 3.28. The summed E-state index contributed by atoms with van der Waals surface area (Å²) in [6, 6.07) is 6.02. The number of hydrogen-bond acceptors (Lipinski definition) is 3. The van der Waals surface area contributed by atoms with Crippen molar-refractivity contribution in [1.82, 2.24) is 9.78 Å². The van der Waals surface area contributed by atoms with Crippen molar-refractivity contribution in [2.75, 3.05) is 12.8 Å². The van der Waals surface area contributed by atoms with Gasteiger partial charge >= 0.3 is 0 Å². The molecule has 2 N–H and O–H groups in total. The van der Waals surface area contributed by atoms with E-state index in [-0.39, 0.29) is 0 Å². The number of aromatic nitrogens is 2. The van der Waals surface area contributed by atoms with Crippen LogP contribution in [0.1, 0.15) is 25.3 Å². The zero-order valence-electron chi connectivity index (χ0n) is 11.3. The number of nitrogens with zero attached hydrogens (tertiary/aromatic N) is 2. The van der Waals surface area contributed by atoms with Crippen LogP contribution >= 0.6 is 0 Å². The Morgan fingerprint density at radius 3 is 2.50 bits per heavy atom. The van der Waals surface area contributed by atoms with Gasteiger partial charge in [0.15, 0.2) is 0 Å². The van der Waals surface area contributed by atoms with Gasteiger partial charge in [0.2, 0.25) is 0 Å². The zero-order chi connectivity index (χ0) is 13.3. The Morgan fingerprint density at radius 1 is 1.28 bits per heavy atom. The molecule has 0 bridgehead atoms. The standard InChI is InChI=1S/C14H19N3O/c1-9(2)13-10(6-5-7-12(13)18-4)11-8-16-17(3)14(11)15/h5-9H,15H2,1-4H3. The molecule has 2 rings (SSSR count). The van der Waals surface area contributed by atoms with Crippen molar-refractivity contribution in [2.24, 2.45) is 7.05 Å². The third-order valence-corrected chi connectivity index (χ3v) is 3.14. The second-order valence-electron chi connectivity index (χ2n) is 4.64. The number of anilines is 1. The summed E-state index contributed by atoms with van der Waals surface area (Å²) in [5.41, 5.74) is 9.27. The third-order valence-electron chi connectivity index (χ3n) is 3.14. The van der Waals surface area contributed by atoms with Crippen LogP contribution in [-0.4, -0.2) is 16.9 Å². The summed E-state index contributed by atoms with van der Waals surface area (Å²) >= 11 is 0. The maximum atomic E-state index is 6.05. The number of methoxy groups -OCH3 is 1. The molecule has 0 aliphatic heterocycles. The Hall–Kier alpha value is -1.97. The zero-order valence-corrected chi connectivity index (χ0v) is 11.3. The van der Waals surface area contributed by atoms with Crippen molar-refractivity contribution in [3.05, 3.63) is 30.0 Å². The number of hydrogen-bond donors (Lipinski definition) is 1. The molecule has 0 spiro atoms. The molecule has 0 saturated heterocycles. The molecule has 0 unspecified atom stereocenters. The van der Waals surface area contributed by atoms with Crippen LogP contribution in [0.2, 0.25) is 0 Å². The SMILES string of the molecule is COc1cccc(-c2cnn(C)c2N)c1C(C)C. The number of nitrogen functional groups attached to an aromatic ring is 1. The molecule has 0 aliphatic carbocycles. The van der Waals surface area contributed by atoms with Crippen LogP contribution in [0.4, 0.5) is 5.82 Å². The molecule has 4 heteroatoms. The van der Waals surface area contributed by atoms with Crippen molar-refractivity contribution < 1.29 is 4.74 Å². The van der Waals surface area contributed by atoms with Gasteiger partial charge in [-0.25, -0.2) is 0 Å². The number of nitrogens with two attached hydrogens (primary N) is 1. The molecule has 18 heavy (non-hydrogen) atoms. The number of ether oxygens (including phenoxy) is 1. The summed E-state index contributed by atoms with van der Waals surface area (Å²) in [6.07, 6.45) is 1.80. The lowest BCUT2D eigenvalue weighted by Crippen LogP contribution is -2.01. The molecular weight excluding hydrogens is 226 g/mol. The van der Waals surface area contributed by atoms with Crippen molar-refractivity contribution in [1.29, 1.82) is 0 Å². The van der Waals surface area contributed by atoms with E-state index in [9.17, 15) is 0 Å². The quantitative estimate of drug-likeness (QED) is 0.904. The van der Waals surface area contributed by atoms with Crippen LogP contribution in [0.25, 0.3) is 11.1 Å². The van der Waals surface area contributed by atoms with E-state index in [1.165, 1.54) is 5.56 Å². The first kappa shape index (κ1) is 12.5. The first-order chi connectivity index (χ1) is 8.56. The van der Waals surface area contributed by atoms with Gasteiger partial charge in [-0.3, -0.25) is 4.68 Å². The van der Waals surface area contributed by atoms with E-state index < -0.39 is 0 Å². The van der Waals surface area contributed by atoms with Crippen molar-refractivity contribution in [2.45, 2.75) is 19.8 Å². The predicted octanol–water partition coefficient (Wildman–Crippen LogP) is 2.80. The van der Waals surface area contributed by atoms with Gasteiger partial charge in [-0.1, -0.05) is 26.0 Å². The maximum Gasteiger partial charge on any atom is 0.129 e. The third kappa shape index (κ3) is 1.94. The average molecular weight is 245 g/mol. The maximum absolute atomic E-state index is 6.05. The molecule has 96 valence electrons. The molecule has 4 nitrogen and oxygen atoms in total. The van der Waals surface area contributed by atoms with Crippen LogP contribution in [-0.2, 0) is 7.05 Å². The average Bonchev–Trinajstić information content (AvgIpc) is 2.69. The molecule has 0 aliphatic rings. The molecule has 0 atom stereocenters. The highest BCUT2D eigenvalue weighted by atomic mass is 16.5. The van der Waals surface area contributed by atoms with Gasteiger partial charge < -0.3 is 10.5 Å². The van der Waals surface area contributed by atoms with Crippen LogP contribution in [0, 0.1) is 0 Å². The molecule has 2 aromatic rings. The second-order valence-corrected chi connectivity index (χ2v) is 4.64. The van der Waals surface area contributed by atoms with Crippen LogP contribution in [0.5, 0.6) is 5.75 Å². The highest BCUT2D eigenvalue weighted by Gasteiger charge is 2.17. The highest BCUT2D eigenvalue weighted by Crippen LogP contribution is 2.37. The van der Waals surface area contributed by atoms with Gasteiger partial charge in [-0.2, -0.15) is 5.10 Å². The second kappa shape index (κ2) is 4.72. The molecule has 0 amide bonds. The van der Waals surface area contributed by atoms with E-state index in [0.29, 0.717) is 11.7 Å². The molecular formula is C14H19N3O. The summed E-state index contributed by atoms with van der Waals surface area (Å²) in [5.74, 6) is 1.92. The lowest BCUT2D eigenvalue weighted by Gasteiger charge is -2.16. The predicted molar refractivity (Wildman–Crippen MR) is 73.7 cm³/mol. The van der Waals surface area contributed by atoms with Crippen molar-refractivity contribution >= 4 is 5.82 Å². The largest absolute Gasteiger partial charge is 0.496 e. The van der Waals surface area contributed by atoms with E-state index in [2.05, 4.69) is 25.0 Å². The van der Waals surface area contributed by atoms with Crippen LogP contribution in [0.15, 0.2) is 24.4 Å². The molecule has 0 radical (unpaired) electrons. The van der Waals surface area contributed by atoms with Gasteiger partial charge in [-0.05, 0) is 17.5 Å². The fraction of sp³-hybridized carbons (Fsp3) is 0.357. The minimum Gasteiger partial charge on any atom is -0.496 e. The van der Waals surface area contributed by atoms with Gasteiger partial charge in [0, 0.05) is 18.2 Å². The summed E-state index contributed by atoms with van der Waals surface area (Å²) in [4.78, 5) is 0.